The first-order chi connectivity index (χ1) is 12.9. The molecule has 0 aromatic carbocycles. The van der Waals surface area contributed by atoms with Crippen LogP contribution in [0.4, 0.5) is 0 Å². The molecule has 0 aromatic rings. The van der Waals surface area contributed by atoms with Gasteiger partial charge < -0.3 is 9.47 Å². The molecule has 2 heterocycles. The van der Waals surface area contributed by atoms with E-state index in [1.165, 1.54) is 6.42 Å². The van der Waals surface area contributed by atoms with E-state index in [2.05, 4.69) is 9.47 Å². The van der Waals surface area contributed by atoms with E-state index in [9.17, 15) is 19.2 Å². The third kappa shape index (κ3) is 5.88. The van der Waals surface area contributed by atoms with Crippen molar-refractivity contribution < 1.29 is 28.7 Å². The van der Waals surface area contributed by atoms with Crippen LogP contribution in [0.5, 0.6) is 0 Å². The van der Waals surface area contributed by atoms with Crippen LogP contribution in [-0.4, -0.2) is 23.9 Å². The summed E-state index contributed by atoms with van der Waals surface area (Å²) < 4.78 is 9.16. The molecule has 0 saturated heterocycles. The molecule has 148 valence electrons. The molecule has 0 fully saturated rings. The van der Waals surface area contributed by atoms with E-state index in [0.29, 0.717) is 35.1 Å². The number of carbonyl (C=O) groups excluding carboxylic acids is 4. The van der Waals surface area contributed by atoms with E-state index in [0.717, 1.165) is 51.4 Å². The smallest absolute Gasteiger partial charge is 0.342 e. The van der Waals surface area contributed by atoms with Gasteiger partial charge in [0.2, 0.25) is 0 Å². The van der Waals surface area contributed by atoms with Crippen LogP contribution in [0, 0.1) is 0 Å². The Morgan fingerprint density at radius 3 is 1.04 bits per heavy atom. The summed E-state index contributed by atoms with van der Waals surface area (Å²) in [6, 6.07) is 0. The van der Waals surface area contributed by atoms with E-state index in [1.807, 2.05) is 0 Å². The van der Waals surface area contributed by atoms with Crippen molar-refractivity contribution >= 4 is 23.9 Å². The first-order valence-electron chi connectivity index (χ1n) is 9.84. The second-order valence-corrected chi connectivity index (χ2v) is 7.24. The number of hydrogen-bond acceptors (Lipinski definition) is 6. The fourth-order valence-electron chi connectivity index (χ4n) is 3.42. The maximum Gasteiger partial charge on any atom is 0.342 e. The summed E-state index contributed by atoms with van der Waals surface area (Å²) in [7, 11) is 0. The quantitative estimate of drug-likeness (QED) is 0.290. The minimum absolute atomic E-state index is 0.459. The number of unbranched alkanes of at least 4 members (excludes halogenated alkanes) is 8. The number of ether oxygens (including phenoxy) is 2. The molecule has 0 N–H and O–H groups in total. The van der Waals surface area contributed by atoms with Gasteiger partial charge in [-0.2, -0.15) is 0 Å². The van der Waals surface area contributed by atoms with Crippen LogP contribution in [-0.2, 0) is 28.7 Å². The molecule has 2 aliphatic rings. The molecule has 0 aliphatic carbocycles. The summed E-state index contributed by atoms with van der Waals surface area (Å²) in [5.41, 5.74) is 2.00. The van der Waals surface area contributed by atoms with Crippen LogP contribution in [0.15, 0.2) is 22.3 Å². The Hall–Kier alpha value is -2.24. The van der Waals surface area contributed by atoms with Crippen LogP contribution in [0.3, 0.4) is 0 Å². The highest BCUT2D eigenvalue weighted by atomic mass is 16.6. The Kier molecular flexibility index (Phi) is 7.95. The van der Waals surface area contributed by atoms with Crippen molar-refractivity contribution in [1.82, 2.24) is 0 Å². The Bertz CT molecular complexity index is 625. The van der Waals surface area contributed by atoms with Crippen molar-refractivity contribution in [3.63, 3.8) is 0 Å². The minimum Gasteiger partial charge on any atom is -0.386 e. The lowest BCUT2D eigenvalue weighted by Gasteiger charge is -2.03. The molecular formula is C21H28O6. The number of cyclic esters (lactones) is 4. The fourth-order valence-corrected chi connectivity index (χ4v) is 3.42. The molecule has 0 radical (unpaired) electrons. The second kappa shape index (κ2) is 10.2. The maximum absolute atomic E-state index is 11.5. The van der Waals surface area contributed by atoms with Gasteiger partial charge in [-0.3, -0.25) is 0 Å². The van der Waals surface area contributed by atoms with E-state index in [4.69, 9.17) is 0 Å². The average Bonchev–Trinajstić information content (AvgIpc) is 3.01. The molecule has 2 aliphatic heterocycles. The Morgan fingerprint density at radius 2 is 0.778 bits per heavy atom. The summed E-state index contributed by atoms with van der Waals surface area (Å²) in [5.74, 6) is -1.95. The van der Waals surface area contributed by atoms with E-state index in [-0.39, 0.29) is 0 Å². The van der Waals surface area contributed by atoms with Crippen molar-refractivity contribution in [2.24, 2.45) is 0 Å². The Labute approximate surface area is 160 Å². The van der Waals surface area contributed by atoms with Crippen LogP contribution in [0.2, 0.25) is 0 Å². The van der Waals surface area contributed by atoms with Crippen LogP contribution in [0.25, 0.3) is 0 Å². The van der Waals surface area contributed by atoms with Gasteiger partial charge in [-0.1, -0.05) is 44.9 Å². The zero-order chi connectivity index (χ0) is 19.8. The molecular weight excluding hydrogens is 348 g/mol. The van der Waals surface area contributed by atoms with Gasteiger partial charge >= 0.3 is 23.9 Å². The SMILES string of the molecule is CC1=C(CCCCCCCCCCCC2=C(C)C(=O)OC2=O)C(=O)OC1=O. The molecule has 0 amide bonds. The van der Waals surface area contributed by atoms with Crippen molar-refractivity contribution in [3.8, 4) is 0 Å². The van der Waals surface area contributed by atoms with Gasteiger partial charge in [0.05, 0.1) is 0 Å². The zero-order valence-electron chi connectivity index (χ0n) is 16.2. The van der Waals surface area contributed by atoms with Gasteiger partial charge in [-0.15, -0.1) is 0 Å². The molecule has 0 unspecified atom stereocenters. The third-order valence-electron chi connectivity index (χ3n) is 5.23. The molecule has 0 saturated carbocycles. The molecule has 2 rings (SSSR count). The predicted molar refractivity (Wildman–Crippen MR) is 98.4 cm³/mol. The van der Waals surface area contributed by atoms with E-state index in [1.54, 1.807) is 13.8 Å². The second-order valence-electron chi connectivity index (χ2n) is 7.24. The largest absolute Gasteiger partial charge is 0.386 e. The van der Waals surface area contributed by atoms with Gasteiger partial charge in [0, 0.05) is 22.3 Å². The zero-order valence-corrected chi connectivity index (χ0v) is 16.2. The van der Waals surface area contributed by atoms with Crippen LogP contribution >= 0.6 is 0 Å². The van der Waals surface area contributed by atoms with Crippen molar-refractivity contribution in [2.45, 2.75) is 84.5 Å². The standard InChI is InChI=1S/C21H28O6/c1-14-16(20(24)26-18(14)22)12-10-8-6-4-3-5-7-9-11-13-17-15(2)19(23)27-21(17)25/h3-13H2,1-2H3. The third-order valence-corrected chi connectivity index (χ3v) is 5.23. The molecule has 0 atom stereocenters. The van der Waals surface area contributed by atoms with Gasteiger partial charge in [0.1, 0.15) is 0 Å². The lowest BCUT2D eigenvalue weighted by atomic mass is 10.0. The van der Waals surface area contributed by atoms with Crippen LogP contribution in [0.1, 0.15) is 84.5 Å². The van der Waals surface area contributed by atoms with Crippen molar-refractivity contribution in [1.29, 1.82) is 0 Å². The van der Waals surface area contributed by atoms with Gasteiger partial charge in [-0.05, 0) is 39.5 Å². The highest BCUT2D eigenvalue weighted by molar-refractivity contribution is 6.12. The molecule has 0 spiro atoms. The highest BCUT2D eigenvalue weighted by Crippen LogP contribution is 2.24. The fraction of sp³-hybridized carbons (Fsp3) is 0.619. The first kappa shape index (κ1) is 21.1. The minimum atomic E-state index is -0.502. The topological polar surface area (TPSA) is 86.7 Å². The maximum atomic E-state index is 11.5. The summed E-state index contributed by atoms with van der Waals surface area (Å²) >= 11 is 0. The Morgan fingerprint density at radius 1 is 0.481 bits per heavy atom. The molecule has 6 heteroatoms. The monoisotopic (exact) mass is 376 g/mol. The number of carbonyl (C=O) groups is 4. The summed E-state index contributed by atoms with van der Waals surface area (Å²) in [6.07, 6.45) is 10.9. The van der Waals surface area contributed by atoms with Gasteiger partial charge in [-0.25, -0.2) is 19.2 Å². The van der Waals surface area contributed by atoms with Crippen LogP contribution < -0.4 is 0 Å². The van der Waals surface area contributed by atoms with E-state index >= 15 is 0 Å². The average molecular weight is 376 g/mol. The van der Waals surface area contributed by atoms with Crippen molar-refractivity contribution in [2.75, 3.05) is 0 Å². The number of hydrogen-bond donors (Lipinski definition) is 0. The molecule has 6 nitrogen and oxygen atoms in total. The molecule has 0 aromatic heterocycles. The van der Waals surface area contributed by atoms with E-state index < -0.39 is 23.9 Å². The lowest BCUT2D eigenvalue weighted by molar-refractivity contribution is -0.152. The Balaban J connectivity index is 1.44. The molecule has 27 heavy (non-hydrogen) atoms. The predicted octanol–water partition coefficient (Wildman–Crippen LogP) is 4.08. The summed E-state index contributed by atoms with van der Waals surface area (Å²) in [4.78, 5) is 45.5. The summed E-state index contributed by atoms with van der Waals surface area (Å²) in [5, 5.41) is 0. The highest BCUT2D eigenvalue weighted by Gasteiger charge is 2.29. The number of rotatable bonds is 12. The lowest BCUT2D eigenvalue weighted by Crippen LogP contribution is -2.02. The number of esters is 4. The van der Waals surface area contributed by atoms with Crippen molar-refractivity contribution in [3.05, 3.63) is 22.3 Å². The van der Waals surface area contributed by atoms with Gasteiger partial charge in [0.25, 0.3) is 0 Å². The molecule has 0 bridgehead atoms. The van der Waals surface area contributed by atoms with Gasteiger partial charge in [0.15, 0.2) is 0 Å². The first-order valence-corrected chi connectivity index (χ1v) is 9.84. The normalized spacial score (nSPS) is 17.3. The summed E-state index contributed by atoms with van der Waals surface area (Å²) in [6.45, 7) is 3.29.